The number of fused-ring (bicyclic) bond motifs is 2. The number of nitrogens with one attached hydrogen (secondary N) is 1. The quantitative estimate of drug-likeness (QED) is 0.634. The summed E-state index contributed by atoms with van der Waals surface area (Å²) < 4.78 is 52.6. The van der Waals surface area contributed by atoms with Crippen LogP contribution in [0.3, 0.4) is 0 Å². The Morgan fingerprint density at radius 2 is 2.00 bits per heavy atom. The Morgan fingerprint density at radius 3 is 2.69 bits per heavy atom. The zero-order valence-electron chi connectivity index (χ0n) is 17.5. The van der Waals surface area contributed by atoms with Crippen LogP contribution in [0.2, 0.25) is 0 Å². The molecule has 2 saturated heterocycles. The van der Waals surface area contributed by atoms with E-state index >= 15 is 0 Å². The van der Waals surface area contributed by atoms with Gasteiger partial charge in [-0.15, -0.1) is 13.2 Å². The maximum Gasteiger partial charge on any atom is 0.573 e. The molecule has 32 heavy (non-hydrogen) atoms. The minimum absolute atomic E-state index is 0.274. The zero-order chi connectivity index (χ0) is 22.7. The maximum absolute atomic E-state index is 12.3. The van der Waals surface area contributed by atoms with Gasteiger partial charge in [0.2, 0.25) is 0 Å². The summed E-state index contributed by atoms with van der Waals surface area (Å²) in [4.78, 5) is 6.35. The standard InChI is InChI=1S/C22H26F3N3O4/c1-28(11-9-15-4-2-3-10-26-15)19-20(29)18(17-13-30-21(19)31-17)27-12-14-5-7-16(8-6-14)32-22(23,24)25/h2-8,10,17-21,27,29H,9,11-13H2,1H3. The molecule has 7 nitrogen and oxygen atoms in total. The Bertz CT molecular complexity index is 869. The van der Waals surface area contributed by atoms with Gasteiger partial charge in [-0.2, -0.15) is 0 Å². The van der Waals surface area contributed by atoms with E-state index in [0.29, 0.717) is 19.7 Å². The molecule has 2 aliphatic heterocycles. The number of aliphatic hydroxyl groups is 1. The van der Waals surface area contributed by atoms with E-state index in [9.17, 15) is 18.3 Å². The van der Waals surface area contributed by atoms with Crippen LogP contribution >= 0.6 is 0 Å². The molecule has 0 spiro atoms. The lowest BCUT2D eigenvalue weighted by Crippen LogP contribution is -2.63. The topological polar surface area (TPSA) is 76.1 Å². The van der Waals surface area contributed by atoms with Gasteiger partial charge in [0, 0.05) is 31.4 Å². The molecule has 174 valence electrons. The first kappa shape index (κ1) is 22.9. The molecular formula is C22H26F3N3O4. The molecule has 2 N–H and O–H groups in total. The third kappa shape index (κ3) is 5.57. The second-order valence-corrected chi connectivity index (χ2v) is 8.01. The molecule has 10 heteroatoms. The highest BCUT2D eigenvalue weighted by atomic mass is 19.4. The Morgan fingerprint density at radius 1 is 1.22 bits per heavy atom. The smallest absolute Gasteiger partial charge is 0.406 e. The molecule has 2 aliphatic rings. The summed E-state index contributed by atoms with van der Waals surface area (Å²) in [7, 11) is 1.92. The average Bonchev–Trinajstić information content (AvgIpc) is 3.18. The Kier molecular flexibility index (Phi) is 6.96. The summed E-state index contributed by atoms with van der Waals surface area (Å²) in [6.07, 6.45) is -3.81. The SMILES string of the molecule is CN(CCc1ccccn1)C1C2OCC(O2)C(NCc2ccc(OC(F)(F)F)cc2)C1O. The largest absolute Gasteiger partial charge is 0.573 e. The summed E-state index contributed by atoms with van der Waals surface area (Å²) in [5.41, 5.74) is 1.72. The fourth-order valence-corrected chi connectivity index (χ4v) is 4.15. The number of aliphatic hydroxyl groups excluding tert-OH is 1. The lowest BCUT2D eigenvalue weighted by molar-refractivity contribution is -0.274. The van der Waals surface area contributed by atoms with Gasteiger partial charge in [0.1, 0.15) is 11.9 Å². The fourth-order valence-electron chi connectivity index (χ4n) is 4.15. The first-order valence-corrected chi connectivity index (χ1v) is 10.4. The van der Waals surface area contributed by atoms with Gasteiger partial charge in [0.05, 0.1) is 24.8 Å². The van der Waals surface area contributed by atoms with E-state index in [0.717, 1.165) is 17.7 Å². The molecule has 5 atom stereocenters. The van der Waals surface area contributed by atoms with Crippen molar-refractivity contribution in [1.82, 2.24) is 15.2 Å². The number of halogens is 3. The number of alkyl halides is 3. The van der Waals surface area contributed by atoms with Crippen LogP contribution in [-0.4, -0.2) is 72.1 Å². The van der Waals surface area contributed by atoms with Crippen LogP contribution in [0.25, 0.3) is 0 Å². The minimum Gasteiger partial charge on any atom is -0.406 e. The Labute approximate surface area is 184 Å². The van der Waals surface area contributed by atoms with E-state index < -0.39 is 18.8 Å². The maximum atomic E-state index is 12.3. The first-order valence-electron chi connectivity index (χ1n) is 10.4. The molecule has 3 heterocycles. The van der Waals surface area contributed by atoms with Gasteiger partial charge in [-0.1, -0.05) is 18.2 Å². The minimum atomic E-state index is -4.72. The average molecular weight is 453 g/mol. The molecule has 2 aromatic rings. The van der Waals surface area contributed by atoms with Crippen LogP contribution in [0.4, 0.5) is 13.2 Å². The number of pyridine rings is 1. The molecule has 0 aliphatic carbocycles. The zero-order valence-corrected chi connectivity index (χ0v) is 17.5. The molecule has 5 unspecified atom stereocenters. The predicted molar refractivity (Wildman–Crippen MR) is 109 cm³/mol. The molecule has 1 aromatic heterocycles. The first-order chi connectivity index (χ1) is 15.3. The number of nitrogens with zero attached hydrogens (tertiary/aromatic N) is 2. The Hall–Kier alpha value is -2.24. The van der Waals surface area contributed by atoms with Crippen LogP contribution in [0, 0.1) is 0 Å². The van der Waals surface area contributed by atoms with Crippen molar-refractivity contribution in [2.24, 2.45) is 0 Å². The van der Waals surface area contributed by atoms with E-state index in [1.54, 1.807) is 18.3 Å². The summed E-state index contributed by atoms with van der Waals surface area (Å²) in [5, 5.41) is 14.4. The van der Waals surface area contributed by atoms with Crippen molar-refractivity contribution in [2.45, 2.75) is 49.9 Å². The summed E-state index contributed by atoms with van der Waals surface area (Å²) in [5.74, 6) is -0.274. The van der Waals surface area contributed by atoms with Gasteiger partial charge in [-0.3, -0.25) is 9.88 Å². The molecular weight excluding hydrogens is 427 g/mol. The van der Waals surface area contributed by atoms with E-state index in [2.05, 4.69) is 15.0 Å². The lowest BCUT2D eigenvalue weighted by atomic mass is 9.94. The fraction of sp³-hybridized carbons (Fsp3) is 0.500. The van der Waals surface area contributed by atoms with Crippen molar-refractivity contribution in [3.05, 3.63) is 59.9 Å². The van der Waals surface area contributed by atoms with Crippen molar-refractivity contribution in [3.63, 3.8) is 0 Å². The highest BCUT2D eigenvalue weighted by Crippen LogP contribution is 2.31. The molecule has 1 aromatic carbocycles. The molecule has 2 fully saturated rings. The number of rotatable bonds is 8. The van der Waals surface area contributed by atoms with Crippen LogP contribution in [-0.2, 0) is 22.4 Å². The number of aromatic nitrogens is 1. The molecule has 0 radical (unpaired) electrons. The van der Waals surface area contributed by atoms with Gasteiger partial charge >= 0.3 is 6.36 Å². The Balaban J connectivity index is 1.35. The normalized spacial score (nSPS) is 27.6. The van der Waals surface area contributed by atoms with Crippen LogP contribution in [0.5, 0.6) is 5.75 Å². The van der Waals surface area contributed by atoms with Crippen LogP contribution in [0.15, 0.2) is 48.7 Å². The number of likely N-dealkylation sites (N-methyl/N-ethyl adjacent to an activating group) is 1. The van der Waals surface area contributed by atoms with Crippen molar-refractivity contribution in [3.8, 4) is 5.75 Å². The summed E-state index contributed by atoms with van der Waals surface area (Å²) in [6.45, 7) is 1.38. The van der Waals surface area contributed by atoms with Crippen LogP contribution in [0.1, 0.15) is 11.3 Å². The van der Waals surface area contributed by atoms with Crippen molar-refractivity contribution >= 4 is 0 Å². The number of ether oxygens (including phenoxy) is 3. The van der Waals surface area contributed by atoms with Gasteiger partial charge in [0.25, 0.3) is 0 Å². The second kappa shape index (κ2) is 9.72. The summed E-state index contributed by atoms with van der Waals surface area (Å²) >= 11 is 0. The molecule has 0 amide bonds. The van der Waals surface area contributed by atoms with Gasteiger partial charge < -0.3 is 24.6 Å². The second-order valence-electron chi connectivity index (χ2n) is 8.01. The van der Waals surface area contributed by atoms with Crippen molar-refractivity contribution in [1.29, 1.82) is 0 Å². The molecule has 4 rings (SSSR count). The summed E-state index contributed by atoms with van der Waals surface area (Å²) in [6, 6.07) is 10.6. The highest BCUT2D eigenvalue weighted by Gasteiger charge is 2.51. The van der Waals surface area contributed by atoms with E-state index in [4.69, 9.17) is 9.47 Å². The molecule has 2 bridgehead atoms. The van der Waals surface area contributed by atoms with E-state index in [-0.39, 0.29) is 23.9 Å². The number of hydrogen-bond acceptors (Lipinski definition) is 7. The lowest BCUT2D eigenvalue weighted by Gasteiger charge is -2.42. The molecule has 0 saturated carbocycles. The van der Waals surface area contributed by atoms with Crippen LogP contribution < -0.4 is 10.1 Å². The van der Waals surface area contributed by atoms with E-state index in [1.807, 2.05) is 30.1 Å². The van der Waals surface area contributed by atoms with Gasteiger partial charge in [0.15, 0.2) is 6.29 Å². The van der Waals surface area contributed by atoms with Crippen molar-refractivity contribution in [2.75, 3.05) is 20.2 Å². The predicted octanol–water partition coefficient (Wildman–Crippen LogP) is 2.10. The highest BCUT2D eigenvalue weighted by molar-refractivity contribution is 5.27. The van der Waals surface area contributed by atoms with Crippen molar-refractivity contribution < 1.29 is 32.5 Å². The number of hydrogen-bond donors (Lipinski definition) is 2. The van der Waals surface area contributed by atoms with Gasteiger partial charge in [-0.05, 0) is 36.9 Å². The number of benzene rings is 1. The van der Waals surface area contributed by atoms with E-state index in [1.165, 1.54) is 12.1 Å². The van der Waals surface area contributed by atoms with Gasteiger partial charge in [-0.25, -0.2) is 0 Å². The monoisotopic (exact) mass is 453 g/mol. The third-order valence-corrected chi connectivity index (χ3v) is 5.79. The third-order valence-electron chi connectivity index (χ3n) is 5.79.